The topological polar surface area (TPSA) is 76.5 Å². The maximum Gasteiger partial charge on any atom is 0.322 e. The van der Waals surface area contributed by atoms with Gasteiger partial charge in [-0.05, 0) is 61.5 Å². The van der Waals surface area contributed by atoms with Crippen LogP contribution in [0.3, 0.4) is 0 Å². The third kappa shape index (κ3) is 5.66. The van der Waals surface area contributed by atoms with Crippen molar-refractivity contribution in [3.05, 3.63) is 107 Å². The van der Waals surface area contributed by atoms with Crippen LogP contribution in [0.15, 0.2) is 89.7 Å². The molecule has 0 saturated carbocycles. The van der Waals surface area contributed by atoms with E-state index in [0.29, 0.717) is 34.7 Å². The zero-order chi connectivity index (χ0) is 28.9. The van der Waals surface area contributed by atoms with Gasteiger partial charge in [-0.1, -0.05) is 74.4 Å². The van der Waals surface area contributed by atoms with E-state index in [-0.39, 0.29) is 11.6 Å². The fourth-order valence-electron chi connectivity index (χ4n) is 5.30. The van der Waals surface area contributed by atoms with E-state index in [1.807, 2.05) is 92.7 Å². The van der Waals surface area contributed by atoms with E-state index in [0.717, 1.165) is 41.3 Å². The van der Waals surface area contributed by atoms with Crippen LogP contribution in [0.4, 0.5) is 10.5 Å². The predicted molar refractivity (Wildman–Crippen MR) is 166 cm³/mol. The predicted octanol–water partition coefficient (Wildman–Crippen LogP) is 7.64. The summed E-state index contributed by atoms with van der Waals surface area (Å²) < 4.78 is 7.29. The van der Waals surface area contributed by atoms with Gasteiger partial charge in [-0.2, -0.15) is 0 Å². The quantitative estimate of drug-likeness (QED) is 0.192. The minimum Gasteiger partial charge on any atom is -0.495 e. The molecule has 5 aromatic rings. The van der Waals surface area contributed by atoms with Crippen molar-refractivity contribution in [3.63, 3.8) is 0 Å². The van der Waals surface area contributed by atoms with Crippen LogP contribution in [-0.2, 0) is 0 Å². The smallest absolute Gasteiger partial charge is 0.322 e. The van der Waals surface area contributed by atoms with Gasteiger partial charge < -0.3 is 15.0 Å². The number of para-hydroxylation sites is 1. The van der Waals surface area contributed by atoms with Crippen LogP contribution >= 0.6 is 0 Å². The first-order valence-corrected chi connectivity index (χ1v) is 14.1. The Labute approximate surface area is 240 Å². The van der Waals surface area contributed by atoms with E-state index in [1.165, 1.54) is 0 Å². The van der Waals surface area contributed by atoms with Crippen molar-refractivity contribution in [3.8, 4) is 11.4 Å². The molecule has 0 radical (unpaired) electrons. The number of fused-ring (bicyclic) bond motifs is 2. The third-order valence-electron chi connectivity index (χ3n) is 7.51. The third-order valence-corrected chi connectivity index (χ3v) is 7.51. The van der Waals surface area contributed by atoms with Gasteiger partial charge in [0.2, 0.25) is 0 Å². The second kappa shape index (κ2) is 12.3. The van der Waals surface area contributed by atoms with Crippen LogP contribution in [0.1, 0.15) is 50.5 Å². The lowest BCUT2D eigenvalue weighted by molar-refractivity contribution is 0.187. The highest BCUT2D eigenvalue weighted by Crippen LogP contribution is 2.30. The Morgan fingerprint density at radius 3 is 2.49 bits per heavy atom. The number of methoxy groups -OCH3 is 1. The van der Waals surface area contributed by atoms with E-state index in [1.54, 1.807) is 22.6 Å². The minimum absolute atomic E-state index is 0.204. The molecule has 0 spiro atoms. The van der Waals surface area contributed by atoms with Crippen molar-refractivity contribution in [2.75, 3.05) is 19.0 Å². The molecule has 7 nitrogen and oxygen atoms in total. The molecule has 4 aromatic carbocycles. The number of anilines is 1. The van der Waals surface area contributed by atoms with E-state index < -0.39 is 6.04 Å². The van der Waals surface area contributed by atoms with Gasteiger partial charge in [0.15, 0.2) is 0 Å². The normalized spacial score (nSPS) is 11.9. The zero-order valence-electron chi connectivity index (χ0n) is 24.1. The van der Waals surface area contributed by atoms with Crippen LogP contribution in [0.25, 0.3) is 27.4 Å². The Kier molecular flexibility index (Phi) is 8.34. The molecule has 5 rings (SSSR count). The molecule has 0 bridgehead atoms. The van der Waals surface area contributed by atoms with Gasteiger partial charge >= 0.3 is 6.03 Å². The first kappa shape index (κ1) is 27.9. The maximum atomic E-state index is 14.1. The van der Waals surface area contributed by atoms with E-state index in [4.69, 9.17) is 9.72 Å². The zero-order valence-corrected chi connectivity index (χ0v) is 24.1. The van der Waals surface area contributed by atoms with Crippen LogP contribution in [0, 0.1) is 6.92 Å². The highest BCUT2D eigenvalue weighted by atomic mass is 16.5. The molecule has 1 unspecified atom stereocenters. The summed E-state index contributed by atoms with van der Waals surface area (Å²) in [4.78, 5) is 34.9. The van der Waals surface area contributed by atoms with Crippen molar-refractivity contribution in [2.45, 2.75) is 46.1 Å². The highest BCUT2D eigenvalue weighted by molar-refractivity contribution is 6.01. The van der Waals surface area contributed by atoms with Gasteiger partial charge in [-0.15, -0.1) is 0 Å². The number of aromatic nitrogens is 2. The van der Waals surface area contributed by atoms with E-state index >= 15 is 0 Å². The standard InChI is InChI=1S/C34H36N4O3/c1-5-6-11-21-37(34(40)36-28-18-12-14-25-13-7-8-15-26(25)28)24(3)32-35-29-17-10-9-16-27(29)33(39)38(32)30-22-23(2)19-20-31(30)41-4/h7-10,12-20,22,24H,5-6,11,21H2,1-4H3,(H,36,40). The molecule has 1 atom stereocenters. The number of aryl methyl sites for hydroxylation is 1. The summed E-state index contributed by atoms with van der Waals surface area (Å²) >= 11 is 0. The maximum absolute atomic E-state index is 14.1. The lowest BCUT2D eigenvalue weighted by Gasteiger charge is -2.31. The van der Waals surface area contributed by atoms with Gasteiger partial charge in [0.25, 0.3) is 5.56 Å². The Hall–Kier alpha value is -4.65. The Bertz CT molecular complexity index is 1760. The van der Waals surface area contributed by atoms with E-state index in [2.05, 4.69) is 12.2 Å². The SMILES string of the molecule is CCCCCN(C(=O)Nc1cccc2ccccc12)C(C)c1nc2ccccc2c(=O)n1-c1cc(C)ccc1OC. The number of unbranched alkanes of at least 4 members (excludes halogenated alkanes) is 2. The van der Waals surface area contributed by atoms with E-state index in [9.17, 15) is 9.59 Å². The van der Waals surface area contributed by atoms with Gasteiger partial charge in [-0.25, -0.2) is 9.78 Å². The lowest BCUT2D eigenvalue weighted by Crippen LogP contribution is -2.40. The summed E-state index contributed by atoms with van der Waals surface area (Å²) in [5.41, 5.74) is 2.70. The summed E-state index contributed by atoms with van der Waals surface area (Å²) in [6.07, 6.45) is 2.83. The molecule has 0 saturated heterocycles. The number of nitrogens with zero attached hydrogens (tertiary/aromatic N) is 3. The number of hydrogen-bond acceptors (Lipinski definition) is 4. The molecule has 0 aliphatic heterocycles. The number of carbonyl (C=O) groups is 1. The average Bonchev–Trinajstić information content (AvgIpc) is 2.99. The first-order chi connectivity index (χ1) is 19.9. The number of hydrogen-bond donors (Lipinski definition) is 1. The molecule has 0 aliphatic rings. The summed E-state index contributed by atoms with van der Waals surface area (Å²) in [7, 11) is 1.59. The van der Waals surface area contributed by atoms with Crippen LogP contribution < -0.4 is 15.6 Å². The number of ether oxygens (including phenoxy) is 1. The number of nitrogens with one attached hydrogen (secondary N) is 1. The molecule has 210 valence electrons. The monoisotopic (exact) mass is 548 g/mol. The van der Waals surface area contributed by atoms with Gasteiger partial charge in [0.05, 0.1) is 35.4 Å². The number of amides is 2. The molecule has 1 aromatic heterocycles. The molecule has 0 fully saturated rings. The molecule has 1 N–H and O–H groups in total. The summed E-state index contributed by atoms with van der Waals surface area (Å²) in [6, 6.07) is 26.1. The first-order valence-electron chi connectivity index (χ1n) is 14.1. The minimum atomic E-state index is -0.524. The number of benzene rings is 4. The van der Waals surface area contributed by atoms with Crippen molar-refractivity contribution < 1.29 is 9.53 Å². The molecule has 41 heavy (non-hydrogen) atoms. The number of carbonyl (C=O) groups excluding carboxylic acids is 1. The molecule has 1 heterocycles. The lowest BCUT2D eigenvalue weighted by atomic mass is 10.1. The van der Waals surface area contributed by atoms with Gasteiger partial charge in [-0.3, -0.25) is 9.36 Å². The molecular formula is C34H36N4O3. The summed E-state index contributed by atoms with van der Waals surface area (Å²) in [6.45, 7) is 6.56. The van der Waals surface area contributed by atoms with Crippen molar-refractivity contribution in [2.24, 2.45) is 0 Å². The molecular weight excluding hydrogens is 512 g/mol. The van der Waals surface area contributed by atoms with Gasteiger partial charge in [0.1, 0.15) is 11.6 Å². The van der Waals surface area contributed by atoms with Crippen LogP contribution in [0.5, 0.6) is 5.75 Å². The van der Waals surface area contributed by atoms with Crippen molar-refractivity contribution in [1.82, 2.24) is 14.5 Å². The van der Waals surface area contributed by atoms with Crippen molar-refractivity contribution >= 4 is 33.4 Å². The number of rotatable bonds is 9. The largest absolute Gasteiger partial charge is 0.495 e. The molecule has 0 aliphatic carbocycles. The summed E-state index contributed by atoms with van der Waals surface area (Å²) in [5.74, 6) is 1.03. The average molecular weight is 549 g/mol. The van der Waals surface area contributed by atoms with Crippen LogP contribution in [-0.4, -0.2) is 34.1 Å². The Morgan fingerprint density at radius 1 is 0.976 bits per heavy atom. The fourth-order valence-corrected chi connectivity index (χ4v) is 5.30. The summed E-state index contributed by atoms with van der Waals surface area (Å²) in [5, 5.41) is 5.67. The van der Waals surface area contributed by atoms with Crippen LogP contribution in [0.2, 0.25) is 0 Å². The second-order valence-corrected chi connectivity index (χ2v) is 10.3. The van der Waals surface area contributed by atoms with Crippen molar-refractivity contribution in [1.29, 1.82) is 0 Å². The second-order valence-electron chi connectivity index (χ2n) is 10.3. The number of urea groups is 1. The highest BCUT2D eigenvalue weighted by Gasteiger charge is 2.28. The molecule has 2 amide bonds. The molecule has 7 heteroatoms. The fraction of sp³-hybridized carbons (Fsp3) is 0.265. The van der Waals surface area contributed by atoms with Gasteiger partial charge in [0, 0.05) is 11.9 Å². The Morgan fingerprint density at radius 2 is 1.71 bits per heavy atom. The Balaban J connectivity index is 1.64.